The van der Waals surface area contributed by atoms with E-state index in [1.165, 1.54) is 4.31 Å². The number of carbonyl (C=O) groups is 1. The van der Waals surface area contributed by atoms with Crippen molar-refractivity contribution in [1.82, 2.24) is 19.8 Å². The quantitative estimate of drug-likeness (QED) is 0.740. The number of thiophene rings is 1. The zero-order valence-corrected chi connectivity index (χ0v) is 16.7. The van der Waals surface area contributed by atoms with Crippen LogP contribution < -0.4 is 10.2 Å². The molecule has 3 rings (SSSR count). The number of rotatable bonds is 6. The van der Waals surface area contributed by atoms with E-state index in [1.807, 2.05) is 14.1 Å². The van der Waals surface area contributed by atoms with Gasteiger partial charge in [-0.15, -0.1) is 21.5 Å². The molecule has 0 unspecified atom stereocenters. The first-order valence-electron chi connectivity index (χ1n) is 8.34. The first-order valence-corrected chi connectivity index (χ1v) is 10.6. The fourth-order valence-corrected chi connectivity index (χ4v) is 5.31. The summed E-state index contributed by atoms with van der Waals surface area (Å²) in [7, 11) is 0.160. The maximum Gasteiger partial charge on any atom is 0.272 e. The van der Waals surface area contributed by atoms with E-state index in [2.05, 4.69) is 15.5 Å². The Hall–Kier alpha value is -2.08. The number of carbonyl (C=O) groups excluding carboxylic acids is 1. The SMILES string of the molecule is CN(C)c1ccc(C(=O)NCc2ccc(S(=O)(=O)N3CCOCC3)s2)nn1. The Balaban J connectivity index is 1.61. The number of anilines is 1. The van der Waals surface area contributed by atoms with Crippen LogP contribution in [0.15, 0.2) is 28.5 Å². The molecular weight excluding hydrogens is 390 g/mol. The second-order valence-corrected chi connectivity index (χ2v) is 9.42. The second-order valence-electron chi connectivity index (χ2n) is 6.09. The Labute approximate surface area is 162 Å². The molecule has 3 heterocycles. The number of hydrogen-bond acceptors (Lipinski definition) is 8. The molecule has 0 atom stereocenters. The molecule has 0 aromatic carbocycles. The maximum atomic E-state index is 12.6. The summed E-state index contributed by atoms with van der Waals surface area (Å²) in [5.41, 5.74) is 0.207. The van der Waals surface area contributed by atoms with Gasteiger partial charge in [-0.25, -0.2) is 8.42 Å². The predicted molar refractivity (Wildman–Crippen MR) is 101 cm³/mol. The summed E-state index contributed by atoms with van der Waals surface area (Å²) in [6, 6.07) is 6.59. The molecule has 1 amide bonds. The summed E-state index contributed by atoms with van der Waals surface area (Å²) in [6.07, 6.45) is 0. The molecule has 1 aliphatic heterocycles. The summed E-state index contributed by atoms with van der Waals surface area (Å²) < 4.78 is 32.1. The Morgan fingerprint density at radius 2 is 1.96 bits per heavy atom. The molecule has 0 saturated carbocycles. The summed E-state index contributed by atoms with van der Waals surface area (Å²) in [4.78, 5) is 14.7. The molecule has 11 heteroatoms. The number of sulfonamides is 1. The van der Waals surface area contributed by atoms with Gasteiger partial charge in [-0.2, -0.15) is 4.31 Å². The van der Waals surface area contributed by atoms with Gasteiger partial charge in [0, 0.05) is 32.1 Å². The second kappa shape index (κ2) is 8.30. The van der Waals surface area contributed by atoms with E-state index in [9.17, 15) is 13.2 Å². The maximum absolute atomic E-state index is 12.6. The molecule has 2 aromatic rings. The summed E-state index contributed by atoms with van der Waals surface area (Å²) >= 11 is 1.15. The lowest BCUT2D eigenvalue weighted by Crippen LogP contribution is -2.40. The van der Waals surface area contributed by atoms with Gasteiger partial charge in [0.2, 0.25) is 0 Å². The predicted octanol–water partition coefficient (Wildman–Crippen LogP) is 0.555. The lowest BCUT2D eigenvalue weighted by Gasteiger charge is -2.25. The number of aromatic nitrogens is 2. The third kappa shape index (κ3) is 4.61. The van der Waals surface area contributed by atoms with Gasteiger partial charge in [0.25, 0.3) is 15.9 Å². The average Bonchev–Trinajstić information content (AvgIpc) is 3.17. The van der Waals surface area contributed by atoms with E-state index in [-0.39, 0.29) is 22.4 Å². The van der Waals surface area contributed by atoms with Crippen LogP contribution in [0.1, 0.15) is 15.4 Å². The van der Waals surface area contributed by atoms with Crippen LogP contribution in [-0.2, 0) is 21.3 Å². The zero-order valence-electron chi connectivity index (χ0n) is 15.1. The molecule has 9 nitrogen and oxygen atoms in total. The molecule has 27 heavy (non-hydrogen) atoms. The van der Waals surface area contributed by atoms with Crippen molar-refractivity contribution in [1.29, 1.82) is 0 Å². The highest BCUT2D eigenvalue weighted by molar-refractivity contribution is 7.91. The Morgan fingerprint density at radius 1 is 1.22 bits per heavy atom. The average molecular weight is 412 g/mol. The fourth-order valence-electron chi connectivity index (χ4n) is 2.45. The molecule has 0 bridgehead atoms. The number of morpholine rings is 1. The third-order valence-electron chi connectivity index (χ3n) is 3.97. The van der Waals surface area contributed by atoms with Crippen molar-refractivity contribution in [2.75, 3.05) is 45.3 Å². The number of nitrogens with zero attached hydrogens (tertiary/aromatic N) is 4. The minimum Gasteiger partial charge on any atom is -0.379 e. The first-order chi connectivity index (χ1) is 12.9. The number of ether oxygens (including phenoxy) is 1. The first kappa shape index (κ1) is 19.7. The van der Waals surface area contributed by atoms with Crippen molar-refractivity contribution in [2.24, 2.45) is 0 Å². The van der Waals surface area contributed by atoms with E-state index in [4.69, 9.17) is 4.74 Å². The lowest BCUT2D eigenvalue weighted by molar-refractivity contribution is 0.0731. The third-order valence-corrected chi connectivity index (χ3v) is 7.42. The van der Waals surface area contributed by atoms with Gasteiger partial charge in [0.1, 0.15) is 4.21 Å². The smallest absolute Gasteiger partial charge is 0.272 e. The topological polar surface area (TPSA) is 105 Å². The van der Waals surface area contributed by atoms with Crippen LogP contribution in [0.4, 0.5) is 5.82 Å². The molecule has 1 N–H and O–H groups in total. The van der Waals surface area contributed by atoms with E-state index < -0.39 is 10.0 Å². The van der Waals surface area contributed by atoms with E-state index in [0.717, 1.165) is 16.2 Å². The van der Waals surface area contributed by atoms with Crippen LogP contribution >= 0.6 is 11.3 Å². The Kier molecular flexibility index (Phi) is 6.05. The largest absolute Gasteiger partial charge is 0.379 e. The van der Waals surface area contributed by atoms with E-state index in [0.29, 0.717) is 32.1 Å². The van der Waals surface area contributed by atoms with Gasteiger partial charge < -0.3 is 15.0 Å². The minimum atomic E-state index is -3.51. The van der Waals surface area contributed by atoms with Crippen LogP contribution in [0.2, 0.25) is 0 Å². The molecule has 0 radical (unpaired) electrons. The molecule has 0 spiro atoms. The van der Waals surface area contributed by atoms with Crippen molar-refractivity contribution in [3.63, 3.8) is 0 Å². The standard InChI is InChI=1S/C16H21N5O4S2/c1-20(2)14-5-4-13(18-19-14)16(22)17-11-12-3-6-15(26-12)27(23,24)21-7-9-25-10-8-21/h3-6H,7-11H2,1-2H3,(H,17,22). The Morgan fingerprint density at radius 3 is 2.59 bits per heavy atom. The van der Waals surface area contributed by atoms with Gasteiger partial charge in [0.05, 0.1) is 19.8 Å². The normalized spacial score (nSPS) is 15.5. The van der Waals surface area contributed by atoms with E-state index >= 15 is 0 Å². The van der Waals surface area contributed by atoms with Gasteiger partial charge in [-0.05, 0) is 24.3 Å². The molecule has 1 fully saturated rings. The monoisotopic (exact) mass is 411 g/mol. The Bertz CT molecular complexity index is 890. The van der Waals surface area contributed by atoms with Gasteiger partial charge in [-0.1, -0.05) is 0 Å². The van der Waals surface area contributed by atoms with E-state index in [1.54, 1.807) is 29.2 Å². The van der Waals surface area contributed by atoms with Crippen molar-refractivity contribution in [3.8, 4) is 0 Å². The molecule has 1 aliphatic rings. The zero-order chi connectivity index (χ0) is 19.4. The van der Waals surface area contributed by atoms with Crippen LogP contribution in [0.3, 0.4) is 0 Å². The van der Waals surface area contributed by atoms with Crippen LogP contribution in [0.5, 0.6) is 0 Å². The molecule has 2 aromatic heterocycles. The molecule has 0 aliphatic carbocycles. The molecular formula is C16H21N5O4S2. The van der Waals surface area contributed by atoms with Crippen molar-refractivity contribution in [3.05, 3.63) is 34.8 Å². The molecule has 1 saturated heterocycles. The summed E-state index contributed by atoms with van der Waals surface area (Å²) in [5.74, 6) is 0.293. The van der Waals surface area contributed by atoms with Gasteiger partial charge >= 0.3 is 0 Å². The van der Waals surface area contributed by atoms with Crippen LogP contribution in [0, 0.1) is 0 Å². The summed E-state index contributed by atoms with van der Waals surface area (Å²) in [6.45, 7) is 1.74. The van der Waals surface area contributed by atoms with Crippen LogP contribution in [0.25, 0.3) is 0 Å². The highest BCUT2D eigenvalue weighted by atomic mass is 32.2. The van der Waals surface area contributed by atoms with Gasteiger partial charge in [-0.3, -0.25) is 4.79 Å². The van der Waals surface area contributed by atoms with Crippen molar-refractivity contribution >= 4 is 33.1 Å². The number of nitrogens with one attached hydrogen (secondary N) is 1. The van der Waals surface area contributed by atoms with Crippen LogP contribution in [-0.4, -0.2) is 69.2 Å². The lowest BCUT2D eigenvalue weighted by atomic mass is 10.3. The van der Waals surface area contributed by atoms with Crippen molar-refractivity contribution < 1.29 is 17.9 Å². The minimum absolute atomic E-state index is 0.207. The number of amides is 1. The van der Waals surface area contributed by atoms with Crippen molar-refractivity contribution in [2.45, 2.75) is 10.8 Å². The number of hydrogen-bond donors (Lipinski definition) is 1. The summed E-state index contributed by atoms with van der Waals surface area (Å²) in [5, 5.41) is 10.6. The van der Waals surface area contributed by atoms with Gasteiger partial charge in [0.15, 0.2) is 11.5 Å². The molecule has 146 valence electrons. The highest BCUT2D eigenvalue weighted by Crippen LogP contribution is 2.25. The highest BCUT2D eigenvalue weighted by Gasteiger charge is 2.27. The fraction of sp³-hybridized carbons (Fsp3) is 0.438.